The van der Waals surface area contributed by atoms with Crippen molar-refractivity contribution in [2.75, 3.05) is 39.0 Å². The molecule has 1 aliphatic rings. The van der Waals surface area contributed by atoms with Gasteiger partial charge in [0.15, 0.2) is 0 Å². The average molecular weight is 262 g/mol. The molecule has 2 heterocycles. The summed E-state index contributed by atoms with van der Waals surface area (Å²) in [5.41, 5.74) is 1.31. The van der Waals surface area contributed by atoms with Gasteiger partial charge in [-0.1, -0.05) is 6.07 Å². The van der Waals surface area contributed by atoms with Crippen LogP contribution in [0.3, 0.4) is 0 Å². The number of rotatable bonds is 5. The lowest BCUT2D eigenvalue weighted by Gasteiger charge is -2.36. The second-order valence-corrected chi connectivity index (χ2v) is 5.54. The molecule has 0 bridgehead atoms. The maximum absolute atomic E-state index is 4.44. The largest absolute Gasteiger partial charge is 0.370 e. The number of piperidine rings is 1. The molecule has 2 rings (SSSR count). The average Bonchev–Trinajstić information content (AvgIpc) is 2.41. The fraction of sp³-hybridized carbons (Fsp3) is 0.667. The van der Waals surface area contributed by atoms with Gasteiger partial charge in [-0.25, -0.2) is 4.98 Å². The van der Waals surface area contributed by atoms with Crippen molar-refractivity contribution in [2.24, 2.45) is 0 Å². The lowest BCUT2D eigenvalue weighted by molar-refractivity contribution is 0.128. The lowest BCUT2D eigenvalue weighted by Crippen LogP contribution is -2.44. The molecule has 1 aromatic heterocycles. The Kier molecular flexibility index (Phi) is 5.16. The van der Waals surface area contributed by atoms with Gasteiger partial charge in [-0.2, -0.15) is 0 Å². The number of hydrogen-bond acceptors (Lipinski definition) is 4. The van der Waals surface area contributed by atoms with Crippen LogP contribution in [0, 0.1) is 0 Å². The first-order valence-corrected chi connectivity index (χ1v) is 7.27. The van der Waals surface area contributed by atoms with Crippen molar-refractivity contribution in [3.8, 4) is 0 Å². The topological polar surface area (TPSA) is 31.4 Å². The van der Waals surface area contributed by atoms with E-state index in [9.17, 15) is 0 Å². The van der Waals surface area contributed by atoms with E-state index in [1.165, 1.54) is 24.9 Å². The minimum absolute atomic E-state index is 0.688. The van der Waals surface area contributed by atoms with E-state index in [1.807, 2.05) is 12.3 Å². The molecule has 0 amide bonds. The Morgan fingerprint density at radius 1 is 1.47 bits per heavy atom. The number of likely N-dealkylation sites (tertiary alicyclic amines) is 1. The summed E-state index contributed by atoms with van der Waals surface area (Å²) in [4.78, 5) is 9.34. The first-order chi connectivity index (χ1) is 9.20. The van der Waals surface area contributed by atoms with Gasteiger partial charge in [-0.05, 0) is 46.5 Å². The second-order valence-electron chi connectivity index (χ2n) is 5.54. The molecule has 4 heteroatoms. The van der Waals surface area contributed by atoms with Crippen LogP contribution in [-0.4, -0.2) is 54.6 Å². The molecule has 1 saturated heterocycles. The Hall–Kier alpha value is -1.13. The van der Waals surface area contributed by atoms with Crippen molar-refractivity contribution < 1.29 is 0 Å². The molecule has 1 aliphatic heterocycles. The highest BCUT2D eigenvalue weighted by atomic mass is 15.2. The fourth-order valence-corrected chi connectivity index (χ4v) is 2.73. The molecule has 0 aliphatic carbocycles. The van der Waals surface area contributed by atoms with Crippen molar-refractivity contribution >= 4 is 5.82 Å². The third-order valence-electron chi connectivity index (χ3n) is 3.84. The molecule has 1 unspecified atom stereocenters. The smallest absolute Gasteiger partial charge is 0.130 e. The molecule has 106 valence electrons. The molecule has 0 aromatic carbocycles. The minimum atomic E-state index is 0.688. The van der Waals surface area contributed by atoms with Gasteiger partial charge in [0, 0.05) is 37.4 Å². The van der Waals surface area contributed by atoms with Crippen LogP contribution in [0.1, 0.15) is 25.3 Å². The summed E-state index contributed by atoms with van der Waals surface area (Å²) in [6.45, 7) is 6.39. The second kappa shape index (κ2) is 6.87. The standard InChI is InChI=1S/C15H26N4/c1-4-16-15-13(7-5-9-17-15)11-19-10-6-8-14(12-19)18(2)3/h5,7,9,14H,4,6,8,10-12H2,1-3H3,(H,16,17). The Morgan fingerprint density at radius 3 is 3.05 bits per heavy atom. The minimum Gasteiger partial charge on any atom is -0.370 e. The Morgan fingerprint density at radius 2 is 2.32 bits per heavy atom. The van der Waals surface area contributed by atoms with Gasteiger partial charge < -0.3 is 10.2 Å². The number of hydrogen-bond donors (Lipinski definition) is 1. The lowest BCUT2D eigenvalue weighted by atomic mass is 10.0. The zero-order valence-corrected chi connectivity index (χ0v) is 12.4. The predicted molar refractivity (Wildman–Crippen MR) is 80.4 cm³/mol. The summed E-state index contributed by atoms with van der Waals surface area (Å²) >= 11 is 0. The number of nitrogens with zero attached hydrogens (tertiary/aromatic N) is 3. The molecular formula is C15H26N4. The molecule has 0 radical (unpaired) electrons. The zero-order chi connectivity index (χ0) is 13.7. The highest BCUT2D eigenvalue weighted by Crippen LogP contribution is 2.19. The maximum atomic E-state index is 4.44. The highest BCUT2D eigenvalue weighted by molar-refractivity contribution is 5.43. The summed E-state index contributed by atoms with van der Waals surface area (Å²) in [6, 6.07) is 4.90. The van der Waals surface area contributed by atoms with Crippen LogP contribution in [0.2, 0.25) is 0 Å². The van der Waals surface area contributed by atoms with Gasteiger partial charge in [0.2, 0.25) is 0 Å². The Bertz CT molecular complexity index is 391. The van der Waals surface area contributed by atoms with E-state index in [1.54, 1.807) is 0 Å². The van der Waals surface area contributed by atoms with Gasteiger partial charge in [0.05, 0.1) is 0 Å². The number of likely N-dealkylation sites (N-methyl/N-ethyl adjacent to an activating group) is 1. The van der Waals surface area contributed by atoms with Gasteiger partial charge in [-0.15, -0.1) is 0 Å². The van der Waals surface area contributed by atoms with E-state index in [0.717, 1.165) is 25.5 Å². The van der Waals surface area contributed by atoms with Crippen molar-refractivity contribution in [1.29, 1.82) is 0 Å². The molecule has 4 nitrogen and oxygen atoms in total. The van der Waals surface area contributed by atoms with Crippen molar-refractivity contribution in [3.05, 3.63) is 23.9 Å². The van der Waals surface area contributed by atoms with E-state index in [-0.39, 0.29) is 0 Å². The SMILES string of the molecule is CCNc1ncccc1CN1CCCC(N(C)C)C1. The van der Waals surface area contributed by atoms with Crippen LogP contribution < -0.4 is 5.32 Å². The van der Waals surface area contributed by atoms with Crippen molar-refractivity contribution in [3.63, 3.8) is 0 Å². The van der Waals surface area contributed by atoms with Crippen LogP contribution in [0.25, 0.3) is 0 Å². The monoisotopic (exact) mass is 262 g/mol. The van der Waals surface area contributed by atoms with Crippen LogP contribution in [0.15, 0.2) is 18.3 Å². The van der Waals surface area contributed by atoms with Crippen LogP contribution in [0.5, 0.6) is 0 Å². The highest BCUT2D eigenvalue weighted by Gasteiger charge is 2.21. The summed E-state index contributed by atoms with van der Waals surface area (Å²) in [5.74, 6) is 1.04. The van der Waals surface area contributed by atoms with Crippen LogP contribution in [0.4, 0.5) is 5.82 Å². The van der Waals surface area contributed by atoms with E-state index in [0.29, 0.717) is 6.04 Å². The molecule has 1 N–H and O–H groups in total. The maximum Gasteiger partial charge on any atom is 0.130 e. The van der Waals surface area contributed by atoms with Gasteiger partial charge in [-0.3, -0.25) is 4.90 Å². The quantitative estimate of drug-likeness (QED) is 0.880. The fourth-order valence-electron chi connectivity index (χ4n) is 2.73. The van der Waals surface area contributed by atoms with Crippen molar-refractivity contribution in [2.45, 2.75) is 32.4 Å². The normalized spacial score (nSPS) is 20.7. The van der Waals surface area contributed by atoms with Gasteiger partial charge >= 0.3 is 0 Å². The van der Waals surface area contributed by atoms with Gasteiger partial charge in [0.25, 0.3) is 0 Å². The van der Waals surface area contributed by atoms with Crippen LogP contribution in [-0.2, 0) is 6.54 Å². The van der Waals surface area contributed by atoms with Gasteiger partial charge in [0.1, 0.15) is 5.82 Å². The Labute approximate surface area is 116 Å². The summed E-state index contributed by atoms with van der Waals surface area (Å²) in [7, 11) is 4.37. The number of anilines is 1. The number of nitrogens with one attached hydrogen (secondary N) is 1. The molecule has 1 aromatic rings. The summed E-state index contributed by atoms with van der Waals surface area (Å²) in [5, 5.41) is 3.35. The third kappa shape index (κ3) is 3.91. The summed E-state index contributed by atoms with van der Waals surface area (Å²) < 4.78 is 0. The van der Waals surface area contributed by atoms with Crippen LogP contribution >= 0.6 is 0 Å². The van der Waals surface area contributed by atoms with Crippen molar-refractivity contribution in [1.82, 2.24) is 14.8 Å². The molecule has 0 spiro atoms. The first kappa shape index (κ1) is 14.3. The number of pyridine rings is 1. The molecule has 19 heavy (non-hydrogen) atoms. The third-order valence-corrected chi connectivity index (χ3v) is 3.84. The predicted octanol–water partition coefficient (Wildman–Crippen LogP) is 2.04. The molecule has 1 atom stereocenters. The number of aromatic nitrogens is 1. The Balaban J connectivity index is 2.00. The zero-order valence-electron chi connectivity index (χ0n) is 12.4. The van der Waals surface area contributed by atoms with E-state index in [2.05, 4.69) is 47.2 Å². The van der Waals surface area contributed by atoms with E-state index < -0.39 is 0 Å². The van der Waals surface area contributed by atoms with E-state index in [4.69, 9.17) is 0 Å². The molecular weight excluding hydrogens is 236 g/mol. The van der Waals surface area contributed by atoms with E-state index >= 15 is 0 Å². The first-order valence-electron chi connectivity index (χ1n) is 7.27. The molecule has 0 saturated carbocycles. The summed E-state index contributed by atoms with van der Waals surface area (Å²) in [6.07, 6.45) is 4.47. The molecule has 1 fully saturated rings.